The molecule has 1 fully saturated rings. The highest BCUT2D eigenvalue weighted by Crippen LogP contribution is 2.31. The zero-order valence-electron chi connectivity index (χ0n) is 13.2. The molecule has 3 nitrogen and oxygen atoms in total. The minimum Gasteiger partial charge on any atom is -0.326 e. The second-order valence-electron chi connectivity index (χ2n) is 5.73. The number of benzene rings is 1. The summed E-state index contributed by atoms with van der Waals surface area (Å²) >= 11 is 2.08. The van der Waals surface area contributed by atoms with Crippen LogP contribution in [0.3, 0.4) is 0 Å². The maximum atomic E-state index is 11.2. The first-order valence-electron chi connectivity index (χ1n) is 7.85. The number of thioether (sulfide) groups is 1. The molecule has 0 spiro atoms. The molecule has 2 N–H and O–H groups in total. The largest absolute Gasteiger partial charge is 0.326 e. The van der Waals surface area contributed by atoms with Crippen LogP contribution < -0.4 is 10.6 Å². The molecular weight excluding hydrogens is 280 g/mol. The molecule has 116 valence electrons. The van der Waals surface area contributed by atoms with Crippen molar-refractivity contribution in [3.05, 3.63) is 29.8 Å². The zero-order valence-corrected chi connectivity index (χ0v) is 14.0. The number of nitrogens with one attached hydrogen (secondary N) is 2. The van der Waals surface area contributed by atoms with E-state index in [1.165, 1.54) is 30.6 Å². The van der Waals surface area contributed by atoms with E-state index in [2.05, 4.69) is 48.4 Å². The van der Waals surface area contributed by atoms with Crippen molar-refractivity contribution in [3.63, 3.8) is 0 Å². The molecule has 0 saturated heterocycles. The number of carbonyl (C=O) groups excluding carboxylic acids is 1. The lowest BCUT2D eigenvalue weighted by Crippen LogP contribution is -2.36. The summed E-state index contributed by atoms with van der Waals surface area (Å²) in [5.41, 5.74) is 2.10. The summed E-state index contributed by atoms with van der Waals surface area (Å²) in [6.45, 7) is 5.98. The van der Waals surface area contributed by atoms with Crippen LogP contribution in [0.5, 0.6) is 0 Å². The van der Waals surface area contributed by atoms with Gasteiger partial charge >= 0.3 is 0 Å². The lowest BCUT2D eigenvalue weighted by molar-refractivity contribution is -0.114. The van der Waals surface area contributed by atoms with E-state index in [0.717, 1.165) is 10.9 Å². The molecule has 2 rings (SSSR count). The number of amides is 1. The van der Waals surface area contributed by atoms with Crippen LogP contribution >= 0.6 is 11.8 Å². The topological polar surface area (TPSA) is 41.1 Å². The van der Waals surface area contributed by atoms with E-state index in [1.807, 2.05) is 12.1 Å². The molecule has 3 unspecified atom stereocenters. The van der Waals surface area contributed by atoms with Gasteiger partial charge in [0.25, 0.3) is 0 Å². The first kappa shape index (κ1) is 16.4. The summed E-state index contributed by atoms with van der Waals surface area (Å²) in [5, 5.41) is 7.38. The minimum absolute atomic E-state index is 0.0250. The minimum atomic E-state index is -0.0250. The Labute approximate surface area is 132 Å². The highest BCUT2D eigenvalue weighted by Gasteiger charge is 2.28. The molecule has 21 heavy (non-hydrogen) atoms. The fourth-order valence-corrected chi connectivity index (χ4v) is 4.25. The molecule has 1 aromatic carbocycles. The van der Waals surface area contributed by atoms with E-state index in [1.54, 1.807) is 6.92 Å². The molecule has 0 radical (unpaired) electrons. The maximum Gasteiger partial charge on any atom is 0.221 e. The van der Waals surface area contributed by atoms with Gasteiger partial charge in [-0.05, 0) is 43.2 Å². The number of carbonyl (C=O) groups is 1. The number of hydrogen-bond donors (Lipinski definition) is 2. The van der Waals surface area contributed by atoms with Gasteiger partial charge in [-0.25, -0.2) is 0 Å². The molecule has 1 aromatic rings. The van der Waals surface area contributed by atoms with Crippen LogP contribution in [0.4, 0.5) is 5.69 Å². The Morgan fingerprint density at radius 2 is 2.24 bits per heavy atom. The zero-order chi connectivity index (χ0) is 15.2. The average Bonchev–Trinajstić information content (AvgIpc) is 2.86. The number of hydrogen-bond acceptors (Lipinski definition) is 3. The molecule has 1 aliphatic carbocycles. The van der Waals surface area contributed by atoms with E-state index in [-0.39, 0.29) is 5.91 Å². The lowest BCUT2D eigenvalue weighted by Gasteiger charge is -2.25. The molecule has 1 saturated carbocycles. The van der Waals surface area contributed by atoms with Gasteiger partial charge in [0.1, 0.15) is 0 Å². The molecule has 1 amide bonds. The van der Waals surface area contributed by atoms with Gasteiger partial charge < -0.3 is 10.6 Å². The van der Waals surface area contributed by atoms with Crippen molar-refractivity contribution in [2.75, 3.05) is 11.1 Å². The highest BCUT2D eigenvalue weighted by atomic mass is 32.2. The van der Waals surface area contributed by atoms with E-state index in [4.69, 9.17) is 0 Å². The first-order valence-corrected chi connectivity index (χ1v) is 8.90. The molecule has 0 bridgehead atoms. The van der Waals surface area contributed by atoms with Crippen molar-refractivity contribution in [3.8, 4) is 0 Å². The van der Waals surface area contributed by atoms with Crippen LogP contribution in [-0.4, -0.2) is 23.0 Å². The van der Waals surface area contributed by atoms with Gasteiger partial charge in [-0.15, -0.1) is 0 Å². The quantitative estimate of drug-likeness (QED) is 0.835. The van der Waals surface area contributed by atoms with Crippen LogP contribution in [0.1, 0.15) is 51.6 Å². The Morgan fingerprint density at radius 1 is 1.43 bits per heavy atom. The normalized spacial score (nSPS) is 23.0. The molecule has 0 aliphatic heterocycles. The van der Waals surface area contributed by atoms with Crippen LogP contribution in [0, 0.1) is 0 Å². The summed E-state index contributed by atoms with van der Waals surface area (Å²) in [4.78, 5) is 11.2. The Morgan fingerprint density at radius 3 is 2.95 bits per heavy atom. The summed E-state index contributed by atoms with van der Waals surface area (Å²) in [6, 6.07) is 9.04. The van der Waals surface area contributed by atoms with E-state index < -0.39 is 0 Å². The lowest BCUT2D eigenvalue weighted by atomic mass is 10.1. The third kappa shape index (κ3) is 4.75. The predicted molar refractivity (Wildman–Crippen MR) is 91.9 cm³/mol. The van der Waals surface area contributed by atoms with Gasteiger partial charge in [-0.3, -0.25) is 4.79 Å². The molecular formula is C17H26N2OS. The molecule has 1 aliphatic rings. The monoisotopic (exact) mass is 306 g/mol. The van der Waals surface area contributed by atoms with Crippen LogP contribution in [0.15, 0.2) is 24.3 Å². The van der Waals surface area contributed by atoms with Crippen LogP contribution in [0.2, 0.25) is 0 Å². The second-order valence-corrected chi connectivity index (χ2v) is 7.24. The maximum absolute atomic E-state index is 11.2. The fraction of sp³-hybridized carbons (Fsp3) is 0.588. The van der Waals surface area contributed by atoms with Crippen LogP contribution in [-0.2, 0) is 4.79 Å². The Bertz CT molecular complexity index is 478. The van der Waals surface area contributed by atoms with Gasteiger partial charge in [0.15, 0.2) is 0 Å². The van der Waals surface area contributed by atoms with Crippen molar-refractivity contribution < 1.29 is 4.79 Å². The van der Waals surface area contributed by atoms with Crippen molar-refractivity contribution >= 4 is 23.4 Å². The standard InChI is InChI=1S/C17H26N2OS/c1-4-21-17-10-6-9-16(17)18-12(2)14-7-5-8-15(11-14)19-13(3)20/h5,7-8,11-12,16-18H,4,6,9-10H2,1-3H3,(H,19,20). The van der Waals surface area contributed by atoms with Crippen molar-refractivity contribution in [1.82, 2.24) is 5.32 Å². The summed E-state index contributed by atoms with van der Waals surface area (Å²) < 4.78 is 0. The molecule has 3 atom stereocenters. The number of rotatable bonds is 6. The fourth-order valence-electron chi connectivity index (χ4n) is 3.04. The Balaban J connectivity index is 1.99. The van der Waals surface area contributed by atoms with Crippen molar-refractivity contribution in [1.29, 1.82) is 0 Å². The van der Waals surface area contributed by atoms with Gasteiger partial charge in [0.2, 0.25) is 5.91 Å². The summed E-state index contributed by atoms with van der Waals surface area (Å²) in [6.07, 6.45) is 3.93. The van der Waals surface area contributed by atoms with E-state index >= 15 is 0 Å². The van der Waals surface area contributed by atoms with Gasteiger partial charge in [0.05, 0.1) is 0 Å². The average molecular weight is 306 g/mol. The molecule has 0 heterocycles. The third-order valence-corrected chi connectivity index (χ3v) is 5.33. The summed E-state index contributed by atoms with van der Waals surface area (Å²) in [7, 11) is 0. The predicted octanol–water partition coefficient (Wildman–Crippen LogP) is 3.97. The van der Waals surface area contributed by atoms with Gasteiger partial charge in [-0.1, -0.05) is 25.5 Å². The summed E-state index contributed by atoms with van der Waals surface area (Å²) in [5.74, 6) is 1.16. The molecule has 0 aromatic heterocycles. The first-order chi connectivity index (χ1) is 10.1. The smallest absolute Gasteiger partial charge is 0.221 e. The third-order valence-electron chi connectivity index (χ3n) is 4.00. The number of anilines is 1. The van der Waals surface area contributed by atoms with E-state index in [0.29, 0.717) is 12.1 Å². The second kappa shape index (κ2) is 7.85. The Hall–Kier alpha value is -1.00. The van der Waals surface area contributed by atoms with Gasteiger partial charge in [-0.2, -0.15) is 11.8 Å². The van der Waals surface area contributed by atoms with Crippen LogP contribution in [0.25, 0.3) is 0 Å². The van der Waals surface area contributed by atoms with Crippen molar-refractivity contribution in [2.45, 2.75) is 57.4 Å². The Kier molecular flexibility index (Phi) is 6.12. The highest BCUT2D eigenvalue weighted by molar-refractivity contribution is 7.99. The van der Waals surface area contributed by atoms with E-state index in [9.17, 15) is 4.79 Å². The SMILES string of the molecule is CCSC1CCCC1NC(C)c1cccc(NC(C)=O)c1. The van der Waals surface area contributed by atoms with Gasteiger partial charge in [0, 0.05) is 29.9 Å². The van der Waals surface area contributed by atoms with Crippen molar-refractivity contribution in [2.24, 2.45) is 0 Å². The molecule has 4 heteroatoms.